The Morgan fingerprint density at radius 1 is 1.39 bits per heavy atom. The van der Waals surface area contributed by atoms with Crippen molar-refractivity contribution >= 4 is 5.91 Å². The summed E-state index contributed by atoms with van der Waals surface area (Å²) < 4.78 is 23.9. The van der Waals surface area contributed by atoms with E-state index >= 15 is 0 Å². The van der Waals surface area contributed by atoms with E-state index in [1.807, 2.05) is 0 Å². The van der Waals surface area contributed by atoms with Gasteiger partial charge in [0.15, 0.2) is 0 Å². The third-order valence-corrected chi connectivity index (χ3v) is 3.63. The van der Waals surface area contributed by atoms with Crippen LogP contribution >= 0.6 is 0 Å². The van der Waals surface area contributed by atoms with Crippen LogP contribution in [0, 0.1) is 5.82 Å². The Hall–Kier alpha value is -2.70. The molecule has 0 bridgehead atoms. The maximum absolute atomic E-state index is 13.4. The number of carbonyl (C=O) groups excluding carboxylic acids is 1. The smallest absolute Gasteiger partial charge is 0.270 e. The third-order valence-electron chi connectivity index (χ3n) is 3.63. The second-order valence-electron chi connectivity index (χ2n) is 5.14. The molecule has 0 spiro atoms. The van der Waals surface area contributed by atoms with Crippen molar-refractivity contribution in [3.05, 3.63) is 47.7 Å². The standard InChI is InChI=1S/C16H16FN3O3/c1-22-15-8-13(18-9-19-15)16(21)20-12-3-2-6-23-14-7-10(17)4-5-11(12)14/h4-5,7-9,12H,2-3,6H2,1H3,(H,20,21). The van der Waals surface area contributed by atoms with Crippen LogP contribution in [0.15, 0.2) is 30.6 Å². The van der Waals surface area contributed by atoms with Crippen molar-refractivity contribution in [3.8, 4) is 11.6 Å². The Morgan fingerprint density at radius 2 is 2.26 bits per heavy atom. The summed E-state index contributed by atoms with van der Waals surface area (Å²) in [7, 11) is 1.47. The highest BCUT2D eigenvalue weighted by Gasteiger charge is 2.23. The summed E-state index contributed by atoms with van der Waals surface area (Å²) in [6.07, 6.45) is 2.73. The van der Waals surface area contributed by atoms with E-state index in [-0.39, 0.29) is 23.5 Å². The lowest BCUT2D eigenvalue weighted by molar-refractivity contribution is 0.0929. The van der Waals surface area contributed by atoms with Crippen molar-refractivity contribution in [2.24, 2.45) is 0 Å². The van der Waals surface area contributed by atoms with Gasteiger partial charge in [0.1, 0.15) is 23.6 Å². The van der Waals surface area contributed by atoms with Gasteiger partial charge in [-0.15, -0.1) is 0 Å². The van der Waals surface area contributed by atoms with Crippen molar-refractivity contribution in [2.45, 2.75) is 18.9 Å². The Bertz CT molecular complexity index is 723. The molecule has 0 saturated carbocycles. The van der Waals surface area contributed by atoms with Crippen molar-refractivity contribution in [1.29, 1.82) is 0 Å². The molecule has 2 aromatic rings. The second kappa shape index (κ2) is 6.60. The van der Waals surface area contributed by atoms with Gasteiger partial charge in [-0.25, -0.2) is 14.4 Å². The molecule has 1 amide bonds. The molecule has 120 valence electrons. The zero-order chi connectivity index (χ0) is 16.2. The van der Waals surface area contributed by atoms with E-state index in [0.29, 0.717) is 24.7 Å². The minimum Gasteiger partial charge on any atom is -0.493 e. The number of rotatable bonds is 3. The first-order valence-corrected chi connectivity index (χ1v) is 7.26. The molecule has 0 aliphatic carbocycles. The molecular formula is C16H16FN3O3. The minimum absolute atomic E-state index is 0.214. The first-order valence-electron chi connectivity index (χ1n) is 7.26. The fourth-order valence-corrected chi connectivity index (χ4v) is 2.50. The summed E-state index contributed by atoms with van der Waals surface area (Å²) >= 11 is 0. The predicted octanol–water partition coefficient (Wildman–Crippen LogP) is 2.27. The minimum atomic E-state index is -0.365. The van der Waals surface area contributed by atoms with Crippen molar-refractivity contribution < 1.29 is 18.7 Å². The molecule has 6 nitrogen and oxygen atoms in total. The van der Waals surface area contributed by atoms with E-state index < -0.39 is 0 Å². The number of methoxy groups -OCH3 is 1. The number of ether oxygens (including phenoxy) is 2. The quantitative estimate of drug-likeness (QED) is 0.940. The topological polar surface area (TPSA) is 73.3 Å². The predicted molar refractivity (Wildman–Crippen MR) is 79.9 cm³/mol. The van der Waals surface area contributed by atoms with Crippen LogP contribution in [0.1, 0.15) is 34.9 Å². The molecular weight excluding hydrogens is 301 g/mol. The van der Waals surface area contributed by atoms with Crippen LogP contribution in [0.3, 0.4) is 0 Å². The average molecular weight is 317 g/mol. The molecule has 3 rings (SSSR count). The van der Waals surface area contributed by atoms with E-state index in [2.05, 4.69) is 15.3 Å². The van der Waals surface area contributed by atoms with Gasteiger partial charge >= 0.3 is 0 Å². The van der Waals surface area contributed by atoms with Crippen LogP contribution in [0.4, 0.5) is 4.39 Å². The SMILES string of the molecule is COc1cc(C(=O)NC2CCCOc3cc(F)ccc32)ncn1. The monoisotopic (exact) mass is 317 g/mol. The molecule has 1 aliphatic rings. The van der Waals surface area contributed by atoms with Crippen LogP contribution < -0.4 is 14.8 Å². The number of carbonyl (C=O) groups is 1. The number of nitrogens with one attached hydrogen (secondary N) is 1. The number of benzene rings is 1. The maximum atomic E-state index is 13.4. The Labute approximate surface area is 132 Å². The molecule has 2 heterocycles. The molecule has 1 aliphatic heterocycles. The fourth-order valence-electron chi connectivity index (χ4n) is 2.50. The Balaban J connectivity index is 1.83. The van der Waals surface area contributed by atoms with E-state index in [0.717, 1.165) is 12.0 Å². The largest absolute Gasteiger partial charge is 0.493 e. The number of hydrogen-bond donors (Lipinski definition) is 1. The first kappa shape index (κ1) is 15.2. The third kappa shape index (κ3) is 3.39. The lowest BCUT2D eigenvalue weighted by Gasteiger charge is -2.18. The summed E-state index contributed by atoms with van der Waals surface area (Å²) in [6.45, 7) is 0.490. The number of fused-ring (bicyclic) bond motifs is 1. The average Bonchev–Trinajstić information content (AvgIpc) is 2.76. The maximum Gasteiger partial charge on any atom is 0.270 e. The highest BCUT2D eigenvalue weighted by atomic mass is 19.1. The summed E-state index contributed by atoms with van der Waals surface area (Å²) in [5.74, 6) is 0.0778. The van der Waals surface area contributed by atoms with Gasteiger partial charge in [-0.2, -0.15) is 0 Å². The fraction of sp³-hybridized carbons (Fsp3) is 0.312. The second-order valence-corrected chi connectivity index (χ2v) is 5.14. The van der Waals surface area contributed by atoms with Gasteiger partial charge < -0.3 is 14.8 Å². The summed E-state index contributed by atoms with van der Waals surface area (Å²) in [4.78, 5) is 20.2. The van der Waals surface area contributed by atoms with Crippen molar-refractivity contribution in [2.75, 3.05) is 13.7 Å². The highest BCUT2D eigenvalue weighted by molar-refractivity contribution is 5.92. The van der Waals surface area contributed by atoms with Crippen LogP contribution in [0.25, 0.3) is 0 Å². The van der Waals surface area contributed by atoms with Gasteiger partial charge in [-0.3, -0.25) is 4.79 Å². The number of hydrogen-bond acceptors (Lipinski definition) is 5. The molecule has 1 aromatic heterocycles. The van der Waals surface area contributed by atoms with Gasteiger partial charge in [0, 0.05) is 17.7 Å². The molecule has 1 unspecified atom stereocenters. The van der Waals surface area contributed by atoms with E-state index in [1.54, 1.807) is 6.07 Å². The van der Waals surface area contributed by atoms with Crippen LogP contribution in [-0.2, 0) is 0 Å². The molecule has 7 heteroatoms. The van der Waals surface area contributed by atoms with Gasteiger partial charge in [0.2, 0.25) is 5.88 Å². The highest BCUT2D eigenvalue weighted by Crippen LogP contribution is 2.32. The van der Waals surface area contributed by atoms with Crippen molar-refractivity contribution in [3.63, 3.8) is 0 Å². The lowest BCUT2D eigenvalue weighted by atomic mass is 10.0. The van der Waals surface area contributed by atoms with Crippen LogP contribution in [-0.4, -0.2) is 29.6 Å². The number of nitrogens with zero attached hydrogens (tertiary/aromatic N) is 2. The van der Waals surface area contributed by atoms with Crippen LogP contribution in [0.5, 0.6) is 11.6 Å². The lowest BCUT2D eigenvalue weighted by Crippen LogP contribution is -2.29. The number of aromatic nitrogens is 2. The zero-order valence-electron chi connectivity index (χ0n) is 12.6. The molecule has 0 fully saturated rings. The molecule has 0 radical (unpaired) electrons. The molecule has 1 N–H and O–H groups in total. The van der Waals surface area contributed by atoms with Crippen LogP contribution in [0.2, 0.25) is 0 Å². The summed E-state index contributed by atoms with van der Waals surface area (Å²) in [6, 6.07) is 5.55. The summed E-state index contributed by atoms with van der Waals surface area (Å²) in [5, 5.41) is 2.91. The Morgan fingerprint density at radius 3 is 3.09 bits per heavy atom. The summed E-state index contributed by atoms with van der Waals surface area (Å²) in [5.41, 5.74) is 0.976. The molecule has 1 atom stereocenters. The van der Waals surface area contributed by atoms with E-state index in [9.17, 15) is 9.18 Å². The van der Waals surface area contributed by atoms with Gasteiger partial charge in [0.05, 0.1) is 19.8 Å². The van der Waals surface area contributed by atoms with E-state index in [4.69, 9.17) is 9.47 Å². The number of halogens is 1. The zero-order valence-corrected chi connectivity index (χ0v) is 12.6. The first-order chi connectivity index (χ1) is 11.2. The molecule has 1 aromatic carbocycles. The van der Waals surface area contributed by atoms with Crippen molar-refractivity contribution in [1.82, 2.24) is 15.3 Å². The van der Waals surface area contributed by atoms with Gasteiger partial charge in [-0.05, 0) is 18.9 Å². The van der Waals surface area contributed by atoms with Gasteiger partial charge in [0.25, 0.3) is 5.91 Å². The normalized spacial score (nSPS) is 16.7. The molecule has 0 saturated heterocycles. The molecule has 23 heavy (non-hydrogen) atoms. The van der Waals surface area contributed by atoms with Gasteiger partial charge in [-0.1, -0.05) is 6.07 Å². The van der Waals surface area contributed by atoms with E-state index in [1.165, 1.54) is 31.6 Å². The Kier molecular flexibility index (Phi) is 4.36. The number of amides is 1.